The van der Waals surface area contributed by atoms with Gasteiger partial charge in [0, 0.05) is 35.9 Å². The lowest BCUT2D eigenvalue weighted by molar-refractivity contribution is -0.209. The fourth-order valence-electron chi connectivity index (χ4n) is 5.71. The monoisotopic (exact) mass is 615 g/mol. The molecule has 0 radical (unpaired) electrons. The number of esters is 1. The number of fused-ring (bicyclic) bond motifs is 1. The number of halogens is 3. The van der Waals surface area contributed by atoms with E-state index in [1.807, 2.05) is 12.1 Å². The van der Waals surface area contributed by atoms with E-state index >= 15 is 4.39 Å². The number of carbonyl (C=O) groups is 2. The number of benzene rings is 3. The molecule has 0 saturated heterocycles. The summed E-state index contributed by atoms with van der Waals surface area (Å²) in [4.78, 5) is 24.1. The highest BCUT2D eigenvalue weighted by Gasteiger charge is 2.53. The van der Waals surface area contributed by atoms with E-state index in [0.717, 1.165) is 5.56 Å². The molecule has 2 aliphatic rings. The van der Waals surface area contributed by atoms with Crippen molar-refractivity contribution in [1.29, 1.82) is 0 Å². The topological polar surface area (TPSA) is 103 Å². The van der Waals surface area contributed by atoms with Crippen LogP contribution in [0.15, 0.2) is 54.6 Å². The van der Waals surface area contributed by atoms with Crippen LogP contribution < -0.4 is 14.8 Å². The zero-order chi connectivity index (χ0) is 30.8. The highest BCUT2D eigenvalue weighted by molar-refractivity contribution is 6.30. The number of amides is 1. The van der Waals surface area contributed by atoms with Crippen LogP contribution in [0.1, 0.15) is 49.3 Å². The number of aliphatic hydroxyl groups is 1. The van der Waals surface area contributed by atoms with Crippen LogP contribution in [0.3, 0.4) is 0 Å². The molecule has 1 amide bonds. The van der Waals surface area contributed by atoms with Gasteiger partial charge in [0.25, 0.3) is 0 Å². The van der Waals surface area contributed by atoms with Crippen LogP contribution in [-0.4, -0.2) is 42.4 Å². The first-order valence-corrected chi connectivity index (χ1v) is 14.3. The Hall–Kier alpha value is -3.73. The normalized spacial score (nSPS) is 23.2. The summed E-state index contributed by atoms with van der Waals surface area (Å²) in [5.74, 6) is -1.16. The summed E-state index contributed by atoms with van der Waals surface area (Å²) in [6.07, 6.45) is -0.655. The summed E-state index contributed by atoms with van der Waals surface area (Å²) in [6.45, 7) is 1.01. The molecule has 0 unspecified atom stereocenters. The molecule has 3 aromatic carbocycles. The molecule has 0 aromatic heterocycles. The van der Waals surface area contributed by atoms with Crippen molar-refractivity contribution in [2.75, 3.05) is 19.0 Å². The summed E-state index contributed by atoms with van der Waals surface area (Å²) in [5, 5.41) is 14.6. The maximum atomic E-state index is 15.4. The molecule has 0 spiro atoms. The molecule has 43 heavy (non-hydrogen) atoms. The van der Waals surface area contributed by atoms with Crippen molar-refractivity contribution in [2.45, 2.75) is 62.9 Å². The number of hydrogen-bond donors (Lipinski definition) is 2. The third-order valence-electron chi connectivity index (χ3n) is 8.04. The number of rotatable bonds is 9. The van der Waals surface area contributed by atoms with Gasteiger partial charge in [0.15, 0.2) is 0 Å². The average Bonchev–Trinajstić information content (AvgIpc) is 2.98. The Balaban J connectivity index is 1.44. The van der Waals surface area contributed by atoms with Crippen LogP contribution in [0, 0.1) is 11.6 Å². The summed E-state index contributed by atoms with van der Waals surface area (Å²) in [5.41, 5.74) is -1.44. The molecule has 1 fully saturated rings. The third-order valence-corrected chi connectivity index (χ3v) is 8.28. The number of hydrogen-bond acceptors (Lipinski definition) is 7. The highest BCUT2D eigenvalue weighted by atomic mass is 35.5. The summed E-state index contributed by atoms with van der Waals surface area (Å²) in [6, 6.07) is 14.1. The maximum absolute atomic E-state index is 15.4. The van der Waals surface area contributed by atoms with E-state index in [1.54, 1.807) is 25.3 Å². The van der Waals surface area contributed by atoms with Gasteiger partial charge >= 0.3 is 5.97 Å². The zero-order valence-corrected chi connectivity index (χ0v) is 24.5. The van der Waals surface area contributed by atoms with Crippen LogP contribution in [-0.2, 0) is 37.7 Å². The molecule has 228 valence electrons. The summed E-state index contributed by atoms with van der Waals surface area (Å²) < 4.78 is 53.2. The Bertz CT molecular complexity index is 1520. The van der Waals surface area contributed by atoms with Gasteiger partial charge in [-0.25, -0.2) is 8.78 Å². The van der Waals surface area contributed by atoms with Crippen molar-refractivity contribution in [3.63, 3.8) is 0 Å². The number of nitrogens with one attached hydrogen (secondary N) is 1. The molecule has 0 bridgehead atoms. The smallest absolute Gasteiger partial charge is 0.303 e. The second kappa shape index (κ2) is 12.5. The van der Waals surface area contributed by atoms with Crippen LogP contribution in [0.25, 0.3) is 0 Å². The second-order valence-electron chi connectivity index (χ2n) is 10.9. The predicted molar refractivity (Wildman–Crippen MR) is 154 cm³/mol. The minimum Gasteiger partial charge on any atom is -0.497 e. The highest BCUT2D eigenvalue weighted by Crippen LogP contribution is 2.47. The SMILES string of the molecule is COc1ccc(CO[C@]2(c3ccc(Cl)cc3F)CC[C@@](O)(COc3ccc(F)c4c3CCC(=O)N4)[C@H](OC(C)=O)C2)cc1. The van der Waals surface area contributed by atoms with E-state index in [2.05, 4.69) is 5.32 Å². The Morgan fingerprint density at radius 2 is 1.84 bits per heavy atom. The van der Waals surface area contributed by atoms with Crippen molar-refractivity contribution in [3.05, 3.63) is 87.9 Å². The standard InChI is InChI=1S/C32H32ClF2NO7/c1-19(37)43-28-16-32(24-9-5-21(33)15-26(24)35,42-17-20-3-6-22(40-2)7-4-20)14-13-31(28,39)18-41-27-11-10-25(34)30-23(27)8-12-29(38)36-30/h3-7,9-11,15,28,39H,8,12-14,16-18H2,1-2H3,(H,36,38)/t28-,31-,32-/m1/s1. The molecular weight excluding hydrogens is 584 g/mol. The fourth-order valence-corrected chi connectivity index (χ4v) is 5.86. The van der Waals surface area contributed by atoms with Crippen LogP contribution in [0.5, 0.6) is 11.5 Å². The number of methoxy groups -OCH3 is 1. The molecule has 11 heteroatoms. The van der Waals surface area contributed by atoms with Gasteiger partial charge in [0.2, 0.25) is 5.91 Å². The molecule has 1 aliphatic carbocycles. The van der Waals surface area contributed by atoms with Gasteiger partial charge in [0.1, 0.15) is 47.0 Å². The quantitative estimate of drug-likeness (QED) is 0.291. The maximum Gasteiger partial charge on any atom is 0.303 e. The molecule has 2 N–H and O–H groups in total. The van der Waals surface area contributed by atoms with Crippen molar-refractivity contribution >= 4 is 29.2 Å². The Morgan fingerprint density at radius 1 is 1.07 bits per heavy atom. The van der Waals surface area contributed by atoms with Crippen molar-refractivity contribution in [3.8, 4) is 11.5 Å². The molecule has 3 aromatic rings. The van der Waals surface area contributed by atoms with E-state index in [1.165, 1.54) is 31.2 Å². The van der Waals surface area contributed by atoms with Crippen molar-refractivity contribution in [2.24, 2.45) is 0 Å². The molecule has 3 atom stereocenters. The van der Waals surface area contributed by atoms with Crippen molar-refractivity contribution < 1.29 is 42.4 Å². The Morgan fingerprint density at radius 3 is 2.53 bits per heavy atom. The summed E-state index contributed by atoms with van der Waals surface area (Å²) in [7, 11) is 1.56. The second-order valence-corrected chi connectivity index (χ2v) is 11.3. The van der Waals surface area contributed by atoms with Gasteiger partial charge in [-0.3, -0.25) is 9.59 Å². The first-order valence-electron chi connectivity index (χ1n) is 13.9. The van der Waals surface area contributed by atoms with Gasteiger partial charge in [-0.2, -0.15) is 0 Å². The molecule has 1 aliphatic heterocycles. The number of ether oxygens (including phenoxy) is 4. The lowest BCUT2D eigenvalue weighted by Crippen LogP contribution is -2.57. The van der Waals surface area contributed by atoms with E-state index in [-0.39, 0.29) is 67.5 Å². The van der Waals surface area contributed by atoms with Gasteiger partial charge < -0.3 is 29.4 Å². The minimum atomic E-state index is -1.69. The minimum absolute atomic E-state index is 0.00967. The first kappa shape index (κ1) is 30.7. The van der Waals surface area contributed by atoms with Crippen LogP contribution in [0.2, 0.25) is 5.02 Å². The molecule has 8 nitrogen and oxygen atoms in total. The van der Waals surface area contributed by atoms with Gasteiger partial charge in [0.05, 0.1) is 19.4 Å². The number of carbonyl (C=O) groups excluding carboxylic acids is 2. The largest absolute Gasteiger partial charge is 0.497 e. The van der Waals surface area contributed by atoms with Crippen molar-refractivity contribution in [1.82, 2.24) is 0 Å². The van der Waals surface area contributed by atoms with Crippen LogP contribution >= 0.6 is 11.6 Å². The first-order chi connectivity index (χ1) is 20.5. The molecular formula is C32H32ClF2NO7. The summed E-state index contributed by atoms with van der Waals surface area (Å²) >= 11 is 6.05. The van der Waals surface area contributed by atoms with Gasteiger partial charge in [-0.1, -0.05) is 29.8 Å². The van der Waals surface area contributed by atoms with Crippen LogP contribution in [0.4, 0.5) is 14.5 Å². The fraction of sp³-hybridized carbons (Fsp3) is 0.375. The molecule has 1 heterocycles. The average molecular weight is 616 g/mol. The molecule has 5 rings (SSSR count). The lowest BCUT2D eigenvalue weighted by Gasteiger charge is -2.48. The van der Waals surface area contributed by atoms with E-state index < -0.39 is 34.9 Å². The van der Waals surface area contributed by atoms with Gasteiger partial charge in [-0.05, 0) is 61.2 Å². The Labute approximate surface area is 252 Å². The molecule has 1 saturated carbocycles. The van der Waals surface area contributed by atoms with E-state index in [9.17, 15) is 19.1 Å². The predicted octanol–water partition coefficient (Wildman–Crippen LogP) is 5.85. The van der Waals surface area contributed by atoms with Gasteiger partial charge in [-0.15, -0.1) is 0 Å². The van der Waals surface area contributed by atoms with E-state index in [4.69, 9.17) is 30.5 Å². The van der Waals surface area contributed by atoms with E-state index in [0.29, 0.717) is 17.1 Å². The third kappa shape index (κ3) is 6.61. The lowest BCUT2D eigenvalue weighted by atomic mass is 9.71. The number of anilines is 1. The Kier molecular flexibility index (Phi) is 8.91. The zero-order valence-electron chi connectivity index (χ0n) is 23.8.